The van der Waals surface area contributed by atoms with Crippen LogP contribution in [0.1, 0.15) is 35.3 Å². The fourth-order valence-corrected chi connectivity index (χ4v) is 2.38. The normalized spacial score (nSPS) is 16.3. The first-order chi connectivity index (χ1) is 9.16. The van der Waals surface area contributed by atoms with Crippen molar-refractivity contribution in [2.45, 2.75) is 26.2 Å². The van der Waals surface area contributed by atoms with Gasteiger partial charge in [-0.15, -0.1) is 0 Å². The lowest BCUT2D eigenvalue weighted by Gasteiger charge is -2.26. The number of piperidine rings is 1. The highest BCUT2D eigenvalue weighted by Gasteiger charge is 2.12. The number of carbonyl (C=O) groups excluding carboxylic acids is 1. The predicted molar refractivity (Wildman–Crippen MR) is 76.0 cm³/mol. The van der Waals surface area contributed by atoms with Crippen LogP contribution in [0.5, 0.6) is 0 Å². The van der Waals surface area contributed by atoms with E-state index in [4.69, 9.17) is 5.73 Å². The largest absolute Gasteiger partial charge is 0.398 e. The Morgan fingerprint density at radius 3 is 2.84 bits per heavy atom. The van der Waals surface area contributed by atoms with E-state index in [2.05, 4.69) is 15.2 Å². The average Bonchev–Trinajstić information content (AvgIpc) is 2.39. The van der Waals surface area contributed by atoms with E-state index in [1.165, 1.54) is 19.3 Å². The monoisotopic (exact) mass is 262 g/mol. The van der Waals surface area contributed by atoms with Gasteiger partial charge in [-0.3, -0.25) is 9.78 Å². The Hall–Kier alpha value is -1.62. The van der Waals surface area contributed by atoms with Crippen LogP contribution in [-0.2, 0) is 0 Å². The lowest BCUT2D eigenvalue weighted by molar-refractivity contribution is 0.0947. The number of anilines is 1. The average molecular weight is 262 g/mol. The number of amides is 1. The molecule has 19 heavy (non-hydrogen) atoms. The van der Waals surface area contributed by atoms with Gasteiger partial charge in [-0.25, -0.2) is 0 Å². The van der Waals surface area contributed by atoms with E-state index < -0.39 is 0 Å². The van der Waals surface area contributed by atoms with Crippen molar-refractivity contribution in [2.24, 2.45) is 0 Å². The van der Waals surface area contributed by atoms with E-state index in [1.54, 1.807) is 12.3 Å². The standard InChI is InChI=1S/C14H22N4O/c1-11-9-13(15)12(10-17-11)14(19)16-5-8-18-6-3-2-4-7-18/h9-10H,2-8H2,1H3,(H2,15,17)(H,16,19). The van der Waals surface area contributed by atoms with Crippen LogP contribution in [-0.4, -0.2) is 42.0 Å². The first kappa shape index (κ1) is 13.8. The Balaban J connectivity index is 1.80. The van der Waals surface area contributed by atoms with Crippen LogP contribution in [0.2, 0.25) is 0 Å². The van der Waals surface area contributed by atoms with Crippen molar-refractivity contribution in [3.63, 3.8) is 0 Å². The molecule has 1 aliphatic heterocycles. The number of aryl methyl sites for hydroxylation is 1. The summed E-state index contributed by atoms with van der Waals surface area (Å²) in [7, 11) is 0. The fourth-order valence-electron chi connectivity index (χ4n) is 2.38. The number of rotatable bonds is 4. The molecule has 1 aromatic rings. The zero-order valence-electron chi connectivity index (χ0n) is 11.5. The van der Waals surface area contributed by atoms with Crippen molar-refractivity contribution in [1.29, 1.82) is 0 Å². The minimum absolute atomic E-state index is 0.137. The van der Waals surface area contributed by atoms with Crippen LogP contribution in [0.15, 0.2) is 12.3 Å². The molecule has 0 spiro atoms. The molecule has 5 nitrogen and oxygen atoms in total. The maximum Gasteiger partial charge on any atom is 0.254 e. The lowest BCUT2D eigenvalue weighted by Crippen LogP contribution is -2.37. The number of hydrogen-bond acceptors (Lipinski definition) is 4. The van der Waals surface area contributed by atoms with Crippen LogP contribution in [0, 0.1) is 6.92 Å². The molecule has 1 aromatic heterocycles. The van der Waals surface area contributed by atoms with Crippen LogP contribution < -0.4 is 11.1 Å². The molecule has 104 valence electrons. The number of aromatic nitrogens is 1. The molecule has 0 unspecified atom stereocenters. The second-order valence-corrected chi connectivity index (χ2v) is 5.07. The molecule has 1 fully saturated rings. The van der Waals surface area contributed by atoms with E-state index in [0.29, 0.717) is 17.8 Å². The maximum atomic E-state index is 12.0. The topological polar surface area (TPSA) is 71.2 Å². The Labute approximate surface area is 114 Å². The van der Waals surface area contributed by atoms with Gasteiger partial charge in [-0.1, -0.05) is 6.42 Å². The smallest absolute Gasteiger partial charge is 0.254 e. The highest BCUT2D eigenvalue weighted by atomic mass is 16.1. The van der Waals surface area contributed by atoms with Crippen LogP contribution in [0.25, 0.3) is 0 Å². The van der Waals surface area contributed by atoms with Gasteiger partial charge in [0.2, 0.25) is 0 Å². The Morgan fingerprint density at radius 2 is 2.16 bits per heavy atom. The molecule has 0 radical (unpaired) electrons. The van der Waals surface area contributed by atoms with E-state index in [1.807, 2.05) is 6.92 Å². The van der Waals surface area contributed by atoms with Crippen molar-refractivity contribution >= 4 is 11.6 Å². The number of nitrogens with one attached hydrogen (secondary N) is 1. The summed E-state index contributed by atoms with van der Waals surface area (Å²) in [6.07, 6.45) is 5.40. The molecule has 2 rings (SSSR count). The third kappa shape index (κ3) is 3.92. The molecule has 0 aromatic carbocycles. The molecule has 0 aliphatic carbocycles. The second kappa shape index (κ2) is 6.52. The maximum absolute atomic E-state index is 12.0. The van der Waals surface area contributed by atoms with Crippen molar-refractivity contribution in [2.75, 3.05) is 31.9 Å². The van der Waals surface area contributed by atoms with Gasteiger partial charge < -0.3 is 16.0 Å². The molecule has 1 amide bonds. The van der Waals surface area contributed by atoms with Gasteiger partial charge in [0, 0.05) is 30.7 Å². The summed E-state index contributed by atoms with van der Waals surface area (Å²) in [4.78, 5) is 18.5. The molecule has 0 atom stereocenters. The van der Waals surface area contributed by atoms with Crippen molar-refractivity contribution in [1.82, 2.24) is 15.2 Å². The minimum atomic E-state index is -0.137. The summed E-state index contributed by atoms with van der Waals surface area (Å²) in [6.45, 7) is 5.71. The van der Waals surface area contributed by atoms with Gasteiger partial charge in [-0.05, 0) is 38.9 Å². The van der Waals surface area contributed by atoms with Gasteiger partial charge in [0.05, 0.1) is 5.56 Å². The SMILES string of the molecule is Cc1cc(N)c(C(=O)NCCN2CCCCC2)cn1. The van der Waals surface area contributed by atoms with E-state index in [-0.39, 0.29) is 5.91 Å². The molecule has 0 saturated carbocycles. The zero-order chi connectivity index (χ0) is 13.7. The predicted octanol–water partition coefficient (Wildman–Crippen LogP) is 1.19. The summed E-state index contributed by atoms with van der Waals surface area (Å²) >= 11 is 0. The molecular weight excluding hydrogens is 240 g/mol. The number of nitrogen functional groups attached to an aromatic ring is 1. The van der Waals surface area contributed by atoms with E-state index in [0.717, 1.165) is 25.3 Å². The fraction of sp³-hybridized carbons (Fsp3) is 0.571. The van der Waals surface area contributed by atoms with Gasteiger partial charge >= 0.3 is 0 Å². The lowest BCUT2D eigenvalue weighted by atomic mass is 10.1. The third-order valence-corrected chi connectivity index (χ3v) is 3.48. The third-order valence-electron chi connectivity index (χ3n) is 3.48. The minimum Gasteiger partial charge on any atom is -0.398 e. The summed E-state index contributed by atoms with van der Waals surface area (Å²) in [6, 6.07) is 1.72. The number of nitrogens with two attached hydrogens (primary N) is 1. The number of likely N-dealkylation sites (tertiary alicyclic amines) is 1. The first-order valence-corrected chi connectivity index (χ1v) is 6.89. The van der Waals surface area contributed by atoms with Crippen molar-refractivity contribution in [3.8, 4) is 0 Å². The number of hydrogen-bond donors (Lipinski definition) is 2. The Morgan fingerprint density at radius 1 is 1.42 bits per heavy atom. The zero-order valence-corrected chi connectivity index (χ0v) is 11.5. The number of nitrogens with zero attached hydrogens (tertiary/aromatic N) is 2. The highest BCUT2D eigenvalue weighted by molar-refractivity contribution is 5.98. The van der Waals surface area contributed by atoms with Gasteiger partial charge in [0.15, 0.2) is 0 Å². The molecular formula is C14H22N4O. The molecule has 2 heterocycles. The molecule has 1 aliphatic rings. The number of pyridine rings is 1. The second-order valence-electron chi connectivity index (χ2n) is 5.07. The summed E-state index contributed by atoms with van der Waals surface area (Å²) < 4.78 is 0. The van der Waals surface area contributed by atoms with Gasteiger partial charge in [0.1, 0.15) is 0 Å². The highest BCUT2D eigenvalue weighted by Crippen LogP contribution is 2.11. The van der Waals surface area contributed by atoms with Crippen molar-refractivity contribution in [3.05, 3.63) is 23.5 Å². The Bertz CT molecular complexity index is 441. The molecule has 5 heteroatoms. The van der Waals surface area contributed by atoms with Gasteiger partial charge in [-0.2, -0.15) is 0 Å². The number of carbonyl (C=O) groups is 1. The first-order valence-electron chi connectivity index (χ1n) is 6.89. The van der Waals surface area contributed by atoms with E-state index >= 15 is 0 Å². The Kier molecular flexibility index (Phi) is 4.74. The summed E-state index contributed by atoms with van der Waals surface area (Å²) in [5.74, 6) is -0.137. The van der Waals surface area contributed by atoms with Crippen molar-refractivity contribution < 1.29 is 4.79 Å². The van der Waals surface area contributed by atoms with E-state index in [9.17, 15) is 4.79 Å². The molecule has 3 N–H and O–H groups in total. The summed E-state index contributed by atoms with van der Waals surface area (Å²) in [5, 5.41) is 2.91. The van der Waals surface area contributed by atoms with Crippen LogP contribution in [0.4, 0.5) is 5.69 Å². The molecule has 1 saturated heterocycles. The van der Waals surface area contributed by atoms with Gasteiger partial charge in [0.25, 0.3) is 5.91 Å². The van der Waals surface area contributed by atoms with Crippen LogP contribution in [0.3, 0.4) is 0 Å². The quantitative estimate of drug-likeness (QED) is 0.855. The molecule has 0 bridgehead atoms. The van der Waals surface area contributed by atoms with Crippen LogP contribution >= 0.6 is 0 Å². The summed E-state index contributed by atoms with van der Waals surface area (Å²) in [5.41, 5.74) is 7.60.